The second-order valence-electron chi connectivity index (χ2n) is 3.54. The van der Waals surface area contributed by atoms with Gasteiger partial charge in [-0.3, -0.25) is 4.79 Å². The molecule has 0 heterocycles. The summed E-state index contributed by atoms with van der Waals surface area (Å²) in [5.74, 6) is -0.237. The highest BCUT2D eigenvalue weighted by molar-refractivity contribution is 9.09. The van der Waals surface area contributed by atoms with E-state index in [1.807, 2.05) is 0 Å². The van der Waals surface area contributed by atoms with Crippen molar-refractivity contribution in [3.63, 3.8) is 0 Å². The lowest BCUT2D eigenvalue weighted by Gasteiger charge is -2.14. The van der Waals surface area contributed by atoms with E-state index < -0.39 is 23.2 Å². The molecule has 0 aromatic heterocycles. The second kappa shape index (κ2) is 5.18. The molecule has 0 aliphatic heterocycles. The average molecular weight is 311 g/mol. The van der Waals surface area contributed by atoms with Crippen molar-refractivity contribution in [1.82, 2.24) is 0 Å². The van der Waals surface area contributed by atoms with Gasteiger partial charge in [0, 0.05) is 0 Å². The molecule has 0 radical (unpaired) electrons. The number of aliphatic hydroxyl groups excluding tert-OH is 1. The highest BCUT2D eigenvalue weighted by Crippen LogP contribution is 2.34. The molecule has 0 amide bonds. The molecule has 1 N–H and O–H groups in total. The van der Waals surface area contributed by atoms with Crippen molar-refractivity contribution in [3.05, 3.63) is 34.9 Å². The van der Waals surface area contributed by atoms with E-state index in [-0.39, 0.29) is 11.3 Å². The number of carbonyl (C=O) groups excluding carboxylic acids is 1. The van der Waals surface area contributed by atoms with E-state index in [0.29, 0.717) is 5.56 Å². The summed E-state index contributed by atoms with van der Waals surface area (Å²) in [5.41, 5.74) is -0.390. The molecule has 1 atom stereocenters. The van der Waals surface area contributed by atoms with E-state index in [0.717, 1.165) is 12.1 Å². The predicted molar refractivity (Wildman–Crippen MR) is 59.7 cm³/mol. The second-order valence-corrected chi connectivity index (χ2v) is 4.46. The zero-order chi connectivity index (χ0) is 13.2. The summed E-state index contributed by atoms with van der Waals surface area (Å²) in [4.78, 5) is 10.4. The summed E-state index contributed by atoms with van der Waals surface area (Å²) >= 11 is 3.08. The first kappa shape index (κ1) is 14.2. The van der Waals surface area contributed by atoms with Crippen LogP contribution in [0.5, 0.6) is 0 Å². The Hall–Kier alpha value is -0.880. The Balaban J connectivity index is 3.23. The maximum absolute atomic E-state index is 12.4. The van der Waals surface area contributed by atoms with Gasteiger partial charge in [-0.1, -0.05) is 22.0 Å². The molecule has 0 fully saturated rings. The Morgan fingerprint density at radius 3 is 2.47 bits per heavy atom. The lowest BCUT2D eigenvalue weighted by atomic mass is 10.00. The van der Waals surface area contributed by atoms with Gasteiger partial charge in [0.25, 0.3) is 0 Å². The van der Waals surface area contributed by atoms with Crippen LogP contribution in [0.25, 0.3) is 0 Å². The minimum Gasteiger partial charge on any atom is -0.392 e. The number of ketones is 1. The number of hydrogen-bond acceptors (Lipinski definition) is 2. The van der Waals surface area contributed by atoms with E-state index in [1.54, 1.807) is 0 Å². The van der Waals surface area contributed by atoms with Crippen LogP contribution in [0.4, 0.5) is 13.2 Å². The molecule has 1 unspecified atom stereocenters. The summed E-state index contributed by atoms with van der Waals surface area (Å²) in [6.07, 6.45) is -4.46. The summed E-state index contributed by atoms with van der Waals surface area (Å²) in [7, 11) is 0. The maximum Gasteiger partial charge on any atom is 0.416 e. The average Bonchev–Trinajstić information content (AvgIpc) is 2.25. The number of benzene rings is 1. The standard InChI is InChI=1S/C11H10BrF3O2/c1-6(17)10(12)9-3-2-8(11(13,14)15)4-7(9)5-16/h2-4,10,16H,5H2,1H3. The van der Waals surface area contributed by atoms with Gasteiger partial charge in [-0.25, -0.2) is 0 Å². The molecular formula is C11H10BrF3O2. The van der Waals surface area contributed by atoms with Crippen LogP contribution in [0.15, 0.2) is 18.2 Å². The number of aliphatic hydroxyl groups is 1. The molecule has 2 nitrogen and oxygen atoms in total. The summed E-state index contributed by atoms with van der Waals surface area (Å²) in [6.45, 7) is 0.771. The van der Waals surface area contributed by atoms with Gasteiger partial charge in [0.05, 0.1) is 17.0 Å². The van der Waals surface area contributed by atoms with Crippen LogP contribution < -0.4 is 0 Å². The minimum atomic E-state index is -4.46. The van der Waals surface area contributed by atoms with Crippen LogP contribution in [0, 0.1) is 0 Å². The van der Waals surface area contributed by atoms with Crippen LogP contribution in [0.2, 0.25) is 0 Å². The number of Topliss-reactive ketones (excluding diaryl/α,β-unsaturated/α-hetero) is 1. The number of rotatable bonds is 3. The Morgan fingerprint density at radius 1 is 1.47 bits per heavy atom. The van der Waals surface area contributed by atoms with Crippen molar-refractivity contribution in [1.29, 1.82) is 0 Å². The zero-order valence-electron chi connectivity index (χ0n) is 8.88. The maximum atomic E-state index is 12.4. The third-order valence-corrected chi connectivity index (χ3v) is 3.41. The fourth-order valence-corrected chi connectivity index (χ4v) is 1.83. The van der Waals surface area contributed by atoms with Crippen LogP contribution >= 0.6 is 15.9 Å². The molecule has 94 valence electrons. The molecule has 0 bridgehead atoms. The van der Waals surface area contributed by atoms with Gasteiger partial charge in [0.1, 0.15) is 5.78 Å². The van der Waals surface area contributed by atoms with Gasteiger partial charge >= 0.3 is 6.18 Å². The largest absolute Gasteiger partial charge is 0.416 e. The highest BCUT2D eigenvalue weighted by atomic mass is 79.9. The van der Waals surface area contributed by atoms with Crippen molar-refractivity contribution >= 4 is 21.7 Å². The molecule has 0 aliphatic carbocycles. The van der Waals surface area contributed by atoms with Crippen LogP contribution in [-0.2, 0) is 17.6 Å². The van der Waals surface area contributed by atoms with E-state index in [4.69, 9.17) is 5.11 Å². The summed E-state index contributed by atoms with van der Waals surface area (Å²) < 4.78 is 37.3. The predicted octanol–water partition coefficient (Wildman–Crippen LogP) is 3.22. The van der Waals surface area contributed by atoms with Gasteiger partial charge in [0.15, 0.2) is 0 Å². The van der Waals surface area contributed by atoms with Gasteiger partial charge in [-0.15, -0.1) is 0 Å². The molecular weight excluding hydrogens is 301 g/mol. The molecule has 1 aromatic carbocycles. The number of halogens is 4. The van der Waals surface area contributed by atoms with E-state index >= 15 is 0 Å². The lowest BCUT2D eigenvalue weighted by Crippen LogP contribution is -2.09. The van der Waals surface area contributed by atoms with Crippen molar-refractivity contribution in [2.75, 3.05) is 0 Å². The van der Waals surface area contributed by atoms with Crippen molar-refractivity contribution in [2.24, 2.45) is 0 Å². The van der Waals surface area contributed by atoms with E-state index in [1.165, 1.54) is 13.0 Å². The smallest absolute Gasteiger partial charge is 0.392 e. The van der Waals surface area contributed by atoms with Crippen molar-refractivity contribution in [2.45, 2.75) is 24.5 Å². The number of alkyl halides is 4. The monoisotopic (exact) mass is 310 g/mol. The van der Waals surface area contributed by atoms with Gasteiger partial charge in [-0.2, -0.15) is 13.2 Å². The van der Waals surface area contributed by atoms with E-state index in [9.17, 15) is 18.0 Å². The molecule has 17 heavy (non-hydrogen) atoms. The third-order valence-electron chi connectivity index (χ3n) is 2.27. The number of carbonyl (C=O) groups is 1. The Bertz CT molecular complexity index is 429. The number of hydrogen-bond donors (Lipinski definition) is 1. The Labute approximate surface area is 105 Å². The fraction of sp³-hybridized carbons (Fsp3) is 0.364. The first-order chi connectivity index (χ1) is 7.77. The molecule has 0 saturated heterocycles. The van der Waals surface area contributed by atoms with Gasteiger partial charge < -0.3 is 5.11 Å². The molecule has 1 aromatic rings. The summed E-state index contributed by atoms with van der Waals surface area (Å²) in [6, 6.07) is 2.95. The SMILES string of the molecule is CC(=O)C(Br)c1ccc(C(F)(F)F)cc1CO. The third kappa shape index (κ3) is 3.29. The molecule has 6 heteroatoms. The lowest BCUT2D eigenvalue weighted by molar-refractivity contribution is -0.137. The molecule has 0 spiro atoms. The van der Waals surface area contributed by atoms with E-state index in [2.05, 4.69) is 15.9 Å². The van der Waals surface area contributed by atoms with Gasteiger partial charge in [0.2, 0.25) is 0 Å². The normalized spacial score (nSPS) is 13.5. The van der Waals surface area contributed by atoms with Crippen molar-refractivity contribution in [3.8, 4) is 0 Å². The van der Waals surface area contributed by atoms with Gasteiger partial charge in [-0.05, 0) is 30.2 Å². The van der Waals surface area contributed by atoms with Crippen LogP contribution in [0.1, 0.15) is 28.4 Å². The zero-order valence-corrected chi connectivity index (χ0v) is 10.5. The van der Waals surface area contributed by atoms with Crippen molar-refractivity contribution < 1.29 is 23.1 Å². The highest BCUT2D eigenvalue weighted by Gasteiger charge is 2.31. The molecule has 0 saturated carbocycles. The molecule has 0 aliphatic rings. The van der Waals surface area contributed by atoms with Crippen LogP contribution in [-0.4, -0.2) is 10.9 Å². The summed E-state index contributed by atoms with van der Waals surface area (Å²) in [5, 5.41) is 9.04. The Morgan fingerprint density at radius 2 is 2.06 bits per heavy atom. The Kier molecular flexibility index (Phi) is 4.32. The molecule has 1 rings (SSSR count). The van der Waals surface area contributed by atoms with Crippen LogP contribution in [0.3, 0.4) is 0 Å². The first-order valence-corrected chi connectivity index (χ1v) is 5.64. The minimum absolute atomic E-state index is 0.0944. The quantitative estimate of drug-likeness (QED) is 0.870. The first-order valence-electron chi connectivity index (χ1n) is 4.72. The topological polar surface area (TPSA) is 37.3 Å². The fourth-order valence-electron chi connectivity index (χ4n) is 1.39.